The first kappa shape index (κ1) is 16.1. The van der Waals surface area contributed by atoms with Gasteiger partial charge in [-0.3, -0.25) is 4.79 Å². The van der Waals surface area contributed by atoms with E-state index in [4.69, 9.17) is 4.52 Å². The van der Waals surface area contributed by atoms with Crippen molar-refractivity contribution in [1.82, 2.24) is 10.5 Å². The molecule has 0 bridgehead atoms. The topological polar surface area (TPSA) is 55.1 Å². The number of hydrogen-bond donors (Lipinski definition) is 1. The zero-order valence-electron chi connectivity index (χ0n) is 13.9. The van der Waals surface area contributed by atoms with Crippen LogP contribution in [0.25, 0.3) is 11.3 Å². The molecule has 0 saturated heterocycles. The minimum Gasteiger partial charge on any atom is -0.355 e. The maximum atomic E-state index is 12.5. The molecule has 2 aromatic heterocycles. The minimum absolute atomic E-state index is 0.0711. The van der Waals surface area contributed by atoms with Gasteiger partial charge in [-0.1, -0.05) is 48.3 Å². The van der Waals surface area contributed by atoms with Crippen LogP contribution < -0.4 is 5.32 Å². The van der Waals surface area contributed by atoms with Crippen LogP contribution >= 0.6 is 11.3 Å². The molecule has 1 aliphatic rings. The van der Waals surface area contributed by atoms with Crippen molar-refractivity contribution in [2.75, 3.05) is 6.54 Å². The molecule has 1 aromatic carbocycles. The summed E-state index contributed by atoms with van der Waals surface area (Å²) < 4.78 is 5.33. The average Bonchev–Trinajstić information content (AvgIpc) is 3.42. The summed E-state index contributed by atoms with van der Waals surface area (Å²) in [4.78, 5) is 12.5. The fourth-order valence-electron chi connectivity index (χ4n) is 3.65. The van der Waals surface area contributed by atoms with E-state index in [-0.39, 0.29) is 11.3 Å². The second-order valence-corrected chi connectivity index (χ2v) is 7.40. The second kappa shape index (κ2) is 6.84. The summed E-state index contributed by atoms with van der Waals surface area (Å²) in [5.74, 6) is 0.437. The van der Waals surface area contributed by atoms with Crippen LogP contribution in [0.15, 0.2) is 57.7 Å². The molecule has 1 amide bonds. The van der Waals surface area contributed by atoms with Crippen molar-refractivity contribution in [3.05, 3.63) is 64.5 Å². The molecule has 0 atom stereocenters. The first-order valence-corrected chi connectivity index (χ1v) is 9.54. The van der Waals surface area contributed by atoms with Gasteiger partial charge in [-0.05, 0) is 35.2 Å². The van der Waals surface area contributed by atoms with Gasteiger partial charge in [0.05, 0.1) is 0 Å². The Morgan fingerprint density at radius 2 is 2.00 bits per heavy atom. The lowest BCUT2D eigenvalue weighted by atomic mass is 9.80. The normalized spacial score (nSPS) is 16.0. The van der Waals surface area contributed by atoms with E-state index in [1.807, 2.05) is 30.3 Å². The third kappa shape index (κ3) is 3.24. The highest BCUT2D eigenvalue weighted by Crippen LogP contribution is 2.41. The lowest BCUT2D eigenvalue weighted by molar-refractivity contribution is 0.0934. The van der Waals surface area contributed by atoms with Crippen molar-refractivity contribution in [1.29, 1.82) is 0 Å². The molecule has 1 saturated carbocycles. The molecule has 128 valence electrons. The Bertz CT molecular complexity index is 834. The van der Waals surface area contributed by atoms with E-state index in [1.165, 1.54) is 18.4 Å². The number of aromatic nitrogens is 1. The molecular formula is C20H20N2O2S. The lowest BCUT2D eigenvalue weighted by Gasteiger charge is -2.28. The molecule has 25 heavy (non-hydrogen) atoms. The molecule has 4 rings (SSSR count). The summed E-state index contributed by atoms with van der Waals surface area (Å²) >= 11 is 1.72. The molecule has 4 nitrogen and oxygen atoms in total. The van der Waals surface area contributed by atoms with E-state index in [2.05, 4.69) is 27.3 Å². The lowest BCUT2D eigenvalue weighted by Crippen LogP contribution is -2.38. The Kier molecular flexibility index (Phi) is 4.40. The van der Waals surface area contributed by atoms with E-state index < -0.39 is 0 Å². The van der Waals surface area contributed by atoms with Crippen LogP contribution in [0.4, 0.5) is 0 Å². The Morgan fingerprint density at radius 1 is 1.20 bits per heavy atom. The molecule has 3 aromatic rings. The smallest absolute Gasteiger partial charge is 0.273 e. The highest BCUT2D eigenvalue weighted by molar-refractivity contribution is 7.08. The molecule has 1 fully saturated rings. The van der Waals surface area contributed by atoms with E-state index in [1.54, 1.807) is 17.4 Å². The minimum atomic E-state index is -0.174. The van der Waals surface area contributed by atoms with Crippen LogP contribution in [-0.2, 0) is 5.41 Å². The predicted octanol–water partition coefficient (Wildman–Crippen LogP) is 4.64. The van der Waals surface area contributed by atoms with Crippen molar-refractivity contribution >= 4 is 17.2 Å². The molecular weight excluding hydrogens is 332 g/mol. The fourth-order valence-corrected chi connectivity index (χ4v) is 4.43. The van der Waals surface area contributed by atoms with E-state index >= 15 is 0 Å². The number of hydrogen-bond acceptors (Lipinski definition) is 4. The van der Waals surface area contributed by atoms with Crippen LogP contribution in [0, 0.1) is 0 Å². The van der Waals surface area contributed by atoms with Gasteiger partial charge in [0, 0.05) is 23.6 Å². The van der Waals surface area contributed by atoms with Crippen LogP contribution in [0.3, 0.4) is 0 Å². The van der Waals surface area contributed by atoms with Gasteiger partial charge >= 0.3 is 0 Å². The molecule has 1 aliphatic carbocycles. The number of nitrogens with one attached hydrogen (secondary N) is 1. The van der Waals surface area contributed by atoms with Gasteiger partial charge in [0.15, 0.2) is 11.5 Å². The molecule has 0 radical (unpaired) electrons. The summed E-state index contributed by atoms with van der Waals surface area (Å²) in [7, 11) is 0. The zero-order valence-corrected chi connectivity index (χ0v) is 14.7. The van der Waals surface area contributed by atoms with Gasteiger partial charge in [-0.2, -0.15) is 11.3 Å². The predicted molar refractivity (Wildman–Crippen MR) is 98.7 cm³/mol. The van der Waals surface area contributed by atoms with Crippen molar-refractivity contribution in [2.45, 2.75) is 31.1 Å². The van der Waals surface area contributed by atoms with Gasteiger partial charge in [-0.25, -0.2) is 0 Å². The number of carbonyl (C=O) groups is 1. The van der Waals surface area contributed by atoms with Gasteiger partial charge in [0.2, 0.25) is 0 Å². The third-order valence-corrected chi connectivity index (χ3v) is 5.77. The summed E-state index contributed by atoms with van der Waals surface area (Å²) in [5, 5.41) is 11.3. The van der Waals surface area contributed by atoms with Gasteiger partial charge in [0.1, 0.15) is 0 Å². The van der Waals surface area contributed by atoms with E-state index in [9.17, 15) is 4.79 Å². The molecule has 0 aliphatic heterocycles. The highest BCUT2D eigenvalue weighted by Gasteiger charge is 2.36. The van der Waals surface area contributed by atoms with E-state index in [0.29, 0.717) is 18.0 Å². The molecule has 5 heteroatoms. The van der Waals surface area contributed by atoms with Crippen LogP contribution in [0.1, 0.15) is 41.7 Å². The monoisotopic (exact) mass is 352 g/mol. The summed E-state index contributed by atoms with van der Waals surface area (Å²) in [6.07, 6.45) is 4.68. The Morgan fingerprint density at radius 3 is 2.72 bits per heavy atom. The Labute approximate surface area is 150 Å². The second-order valence-electron chi connectivity index (χ2n) is 6.62. The largest absolute Gasteiger partial charge is 0.355 e. The van der Waals surface area contributed by atoms with Crippen molar-refractivity contribution in [3.63, 3.8) is 0 Å². The van der Waals surface area contributed by atoms with Gasteiger partial charge in [-0.15, -0.1) is 0 Å². The SMILES string of the molecule is O=C(NCC1(c2ccsc2)CCCC1)c1cc(-c2ccccc2)on1. The summed E-state index contributed by atoms with van der Waals surface area (Å²) in [6, 6.07) is 13.6. The molecule has 2 heterocycles. The average molecular weight is 352 g/mol. The van der Waals surface area contributed by atoms with Crippen LogP contribution in [-0.4, -0.2) is 17.6 Å². The molecule has 0 spiro atoms. The standard InChI is InChI=1S/C20H20N2O2S/c23-19(17-12-18(24-22-17)15-6-2-1-3-7-15)21-14-20(9-4-5-10-20)16-8-11-25-13-16/h1-3,6-8,11-13H,4-5,9-10,14H2,(H,21,23). The maximum Gasteiger partial charge on any atom is 0.273 e. The fraction of sp³-hybridized carbons (Fsp3) is 0.300. The number of nitrogens with zero attached hydrogens (tertiary/aromatic N) is 1. The Hall–Kier alpha value is -2.40. The van der Waals surface area contributed by atoms with Crippen LogP contribution in [0.5, 0.6) is 0 Å². The van der Waals surface area contributed by atoms with Crippen molar-refractivity contribution < 1.29 is 9.32 Å². The summed E-state index contributed by atoms with van der Waals surface area (Å²) in [6.45, 7) is 0.649. The molecule has 1 N–H and O–H groups in total. The van der Waals surface area contributed by atoms with Gasteiger partial charge in [0.25, 0.3) is 5.91 Å². The molecule has 0 unspecified atom stereocenters. The van der Waals surface area contributed by atoms with E-state index in [0.717, 1.165) is 18.4 Å². The Balaban J connectivity index is 1.46. The maximum absolute atomic E-state index is 12.5. The van der Waals surface area contributed by atoms with Gasteiger partial charge < -0.3 is 9.84 Å². The van der Waals surface area contributed by atoms with Crippen molar-refractivity contribution in [2.24, 2.45) is 0 Å². The first-order valence-electron chi connectivity index (χ1n) is 8.60. The highest BCUT2D eigenvalue weighted by atomic mass is 32.1. The zero-order chi connectivity index (χ0) is 17.1. The third-order valence-electron chi connectivity index (χ3n) is 5.08. The number of thiophene rings is 1. The number of carbonyl (C=O) groups excluding carboxylic acids is 1. The number of benzene rings is 1. The summed E-state index contributed by atoms with van der Waals surface area (Å²) in [5.41, 5.74) is 2.67. The number of amides is 1. The van der Waals surface area contributed by atoms with Crippen LogP contribution in [0.2, 0.25) is 0 Å². The van der Waals surface area contributed by atoms with Crippen molar-refractivity contribution in [3.8, 4) is 11.3 Å². The quantitative estimate of drug-likeness (QED) is 0.727. The first-order chi connectivity index (χ1) is 12.3. The number of rotatable bonds is 5.